The third-order valence-electron chi connectivity index (χ3n) is 5.62. The van der Waals surface area contributed by atoms with Gasteiger partial charge < -0.3 is 5.32 Å². The van der Waals surface area contributed by atoms with Gasteiger partial charge in [-0.2, -0.15) is 5.10 Å². The summed E-state index contributed by atoms with van der Waals surface area (Å²) in [4.78, 5) is 13.4. The van der Waals surface area contributed by atoms with E-state index in [-0.39, 0.29) is 10.8 Å². The number of aryl methyl sites for hydroxylation is 1. The van der Waals surface area contributed by atoms with Gasteiger partial charge in [-0.25, -0.2) is 17.4 Å². The van der Waals surface area contributed by atoms with Crippen molar-refractivity contribution in [3.8, 4) is 5.69 Å². The Balaban J connectivity index is 1.73. The number of carbonyl (C=O) groups excluding carboxylic acids is 1. The summed E-state index contributed by atoms with van der Waals surface area (Å²) in [6, 6.07) is 14.5. The fourth-order valence-electron chi connectivity index (χ4n) is 3.41. The van der Waals surface area contributed by atoms with Gasteiger partial charge in [0, 0.05) is 25.7 Å². The largest absolute Gasteiger partial charge is 0.320 e. The molecule has 1 aliphatic carbocycles. The van der Waals surface area contributed by atoms with Gasteiger partial charge in [0.05, 0.1) is 16.3 Å². The molecule has 0 radical (unpaired) electrons. The average molecular weight is 439 g/mol. The monoisotopic (exact) mass is 438 g/mol. The minimum absolute atomic E-state index is 0.145. The standard InChI is InChI=1S/C23H26N4O3S/c1-15-12-19(31(29,30)26(3)4)13-20(16(15)2)24-23(28)22-14-21(17-10-11-17)25-27(22)18-8-6-5-7-9-18/h5-9,12-14,17H,10-11H2,1-4H3,(H,24,28). The van der Waals surface area contributed by atoms with Crippen LogP contribution in [0.3, 0.4) is 0 Å². The molecule has 162 valence electrons. The van der Waals surface area contributed by atoms with Gasteiger partial charge in [-0.3, -0.25) is 4.79 Å². The smallest absolute Gasteiger partial charge is 0.274 e. The Bertz CT molecular complexity index is 1240. The van der Waals surface area contributed by atoms with Crippen LogP contribution < -0.4 is 5.32 Å². The lowest BCUT2D eigenvalue weighted by Gasteiger charge is -2.16. The van der Waals surface area contributed by atoms with Gasteiger partial charge in [0.1, 0.15) is 5.69 Å². The van der Waals surface area contributed by atoms with Crippen LogP contribution in [-0.2, 0) is 10.0 Å². The molecule has 0 unspecified atom stereocenters. The predicted molar refractivity (Wildman–Crippen MR) is 120 cm³/mol. The molecule has 1 saturated carbocycles. The minimum atomic E-state index is -3.62. The number of nitrogens with zero attached hydrogens (tertiary/aromatic N) is 3. The van der Waals surface area contributed by atoms with Crippen LogP contribution in [0.2, 0.25) is 0 Å². The zero-order valence-electron chi connectivity index (χ0n) is 18.1. The summed E-state index contributed by atoms with van der Waals surface area (Å²) >= 11 is 0. The number of para-hydroxylation sites is 1. The summed E-state index contributed by atoms with van der Waals surface area (Å²) in [6.45, 7) is 3.69. The molecule has 8 heteroatoms. The highest BCUT2D eigenvalue weighted by Gasteiger charge is 2.29. The summed E-state index contributed by atoms with van der Waals surface area (Å²) in [5, 5.41) is 7.60. The fourth-order valence-corrected chi connectivity index (χ4v) is 4.42. The number of hydrogen-bond donors (Lipinski definition) is 1. The molecule has 2 aromatic carbocycles. The van der Waals surface area contributed by atoms with Crippen molar-refractivity contribution >= 4 is 21.6 Å². The van der Waals surface area contributed by atoms with E-state index in [4.69, 9.17) is 0 Å². The van der Waals surface area contributed by atoms with Crippen LogP contribution >= 0.6 is 0 Å². The number of rotatable bonds is 6. The van der Waals surface area contributed by atoms with E-state index >= 15 is 0 Å². The van der Waals surface area contributed by atoms with Crippen molar-refractivity contribution in [1.82, 2.24) is 14.1 Å². The van der Waals surface area contributed by atoms with Crippen molar-refractivity contribution in [1.29, 1.82) is 0 Å². The lowest BCUT2D eigenvalue weighted by molar-refractivity contribution is 0.101. The lowest BCUT2D eigenvalue weighted by Crippen LogP contribution is -2.23. The second-order valence-electron chi connectivity index (χ2n) is 8.13. The Labute approximate surface area is 182 Å². The van der Waals surface area contributed by atoms with Crippen LogP contribution in [0.1, 0.15) is 46.1 Å². The van der Waals surface area contributed by atoms with Gasteiger partial charge >= 0.3 is 0 Å². The molecule has 1 fully saturated rings. The quantitative estimate of drug-likeness (QED) is 0.633. The topological polar surface area (TPSA) is 84.3 Å². The van der Waals surface area contributed by atoms with E-state index in [0.717, 1.165) is 39.7 Å². The molecule has 0 spiro atoms. The van der Waals surface area contributed by atoms with Crippen molar-refractivity contribution in [3.63, 3.8) is 0 Å². The Morgan fingerprint density at radius 3 is 2.39 bits per heavy atom. The molecular weight excluding hydrogens is 412 g/mol. The van der Waals surface area contributed by atoms with Crippen molar-refractivity contribution in [2.45, 2.75) is 37.5 Å². The molecular formula is C23H26N4O3S. The second kappa shape index (κ2) is 7.94. The Morgan fingerprint density at radius 1 is 1.10 bits per heavy atom. The van der Waals surface area contributed by atoms with E-state index < -0.39 is 10.0 Å². The maximum Gasteiger partial charge on any atom is 0.274 e. The maximum absolute atomic E-state index is 13.3. The number of amides is 1. The fraction of sp³-hybridized carbons (Fsp3) is 0.304. The second-order valence-corrected chi connectivity index (χ2v) is 10.3. The summed E-state index contributed by atoms with van der Waals surface area (Å²) in [6.07, 6.45) is 2.16. The SMILES string of the molecule is Cc1cc(S(=O)(=O)N(C)C)cc(NC(=O)c2cc(C3CC3)nn2-c2ccccc2)c1C. The van der Waals surface area contributed by atoms with Crippen molar-refractivity contribution in [2.24, 2.45) is 0 Å². The highest BCUT2D eigenvalue weighted by molar-refractivity contribution is 7.89. The van der Waals surface area contributed by atoms with E-state index in [2.05, 4.69) is 10.4 Å². The molecule has 0 saturated heterocycles. The number of sulfonamides is 1. The number of anilines is 1. The van der Waals surface area contributed by atoms with Crippen LogP contribution in [0.5, 0.6) is 0 Å². The third kappa shape index (κ3) is 4.13. The normalized spacial score (nSPS) is 14.1. The van der Waals surface area contributed by atoms with Gasteiger partial charge in [-0.05, 0) is 68.1 Å². The van der Waals surface area contributed by atoms with E-state index in [9.17, 15) is 13.2 Å². The molecule has 7 nitrogen and oxygen atoms in total. The zero-order valence-corrected chi connectivity index (χ0v) is 18.9. The molecule has 3 aromatic rings. The van der Waals surface area contributed by atoms with Crippen molar-refractivity contribution in [2.75, 3.05) is 19.4 Å². The van der Waals surface area contributed by atoms with Crippen molar-refractivity contribution in [3.05, 3.63) is 71.0 Å². The third-order valence-corrected chi connectivity index (χ3v) is 7.42. The van der Waals surface area contributed by atoms with Gasteiger partial charge in [0.25, 0.3) is 5.91 Å². The molecule has 1 heterocycles. The van der Waals surface area contributed by atoms with E-state index in [0.29, 0.717) is 17.3 Å². The maximum atomic E-state index is 13.3. The molecule has 1 aromatic heterocycles. The van der Waals surface area contributed by atoms with E-state index in [1.165, 1.54) is 20.2 Å². The number of benzene rings is 2. The first-order valence-corrected chi connectivity index (χ1v) is 11.6. The zero-order chi connectivity index (χ0) is 22.3. The minimum Gasteiger partial charge on any atom is -0.320 e. The number of hydrogen-bond acceptors (Lipinski definition) is 4. The molecule has 1 N–H and O–H groups in total. The predicted octanol–water partition coefficient (Wildman–Crippen LogP) is 3.87. The Morgan fingerprint density at radius 2 is 1.77 bits per heavy atom. The summed E-state index contributed by atoms with van der Waals surface area (Å²) in [7, 11) is -0.651. The van der Waals surface area contributed by atoms with Gasteiger partial charge in [0.15, 0.2) is 0 Å². The first-order chi connectivity index (χ1) is 14.7. The lowest BCUT2D eigenvalue weighted by atomic mass is 10.1. The van der Waals surface area contributed by atoms with Crippen LogP contribution in [-0.4, -0.2) is 42.5 Å². The Kier molecular flexibility index (Phi) is 5.45. The number of nitrogens with one attached hydrogen (secondary N) is 1. The highest BCUT2D eigenvalue weighted by Crippen LogP contribution is 2.40. The first-order valence-electron chi connectivity index (χ1n) is 10.2. The molecule has 4 rings (SSSR count). The first kappa shape index (κ1) is 21.3. The average Bonchev–Trinajstić information content (AvgIpc) is 3.49. The van der Waals surface area contributed by atoms with Gasteiger partial charge in [0.2, 0.25) is 10.0 Å². The van der Waals surface area contributed by atoms with Crippen LogP contribution in [0.4, 0.5) is 5.69 Å². The molecule has 0 aliphatic heterocycles. The molecule has 1 aliphatic rings. The van der Waals surface area contributed by atoms with Gasteiger partial charge in [-0.1, -0.05) is 18.2 Å². The van der Waals surface area contributed by atoms with Crippen LogP contribution in [0.15, 0.2) is 53.4 Å². The molecule has 31 heavy (non-hydrogen) atoms. The highest BCUT2D eigenvalue weighted by atomic mass is 32.2. The van der Waals surface area contributed by atoms with E-state index in [1.54, 1.807) is 10.7 Å². The summed E-state index contributed by atoms with van der Waals surface area (Å²) in [5.74, 6) is 0.0687. The van der Waals surface area contributed by atoms with Crippen LogP contribution in [0.25, 0.3) is 5.69 Å². The van der Waals surface area contributed by atoms with Gasteiger partial charge in [-0.15, -0.1) is 0 Å². The summed E-state index contributed by atoms with van der Waals surface area (Å²) < 4.78 is 28.1. The Hall–Kier alpha value is -2.97. The van der Waals surface area contributed by atoms with E-state index in [1.807, 2.05) is 50.2 Å². The molecule has 1 amide bonds. The number of carbonyl (C=O) groups is 1. The summed E-state index contributed by atoms with van der Waals surface area (Å²) in [5.41, 5.74) is 4.21. The number of aromatic nitrogens is 2. The van der Waals surface area contributed by atoms with Crippen molar-refractivity contribution < 1.29 is 13.2 Å². The molecule has 0 bridgehead atoms. The van der Waals surface area contributed by atoms with Crippen LogP contribution in [0, 0.1) is 13.8 Å². The molecule has 0 atom stereocenters.